The van der Waals surface area contributed by atoms with Gasteiger partial charge in [-0.15, -0.1) is 5.10 Å². The van der Waals surface area contributed by atoms with Crippen molar-refractivity contribution in [2.24, 2.45) is 0 Å². The van der Waals surface area contributed by atoms with Crippen LogP contribution in [0.25, 0.3) is 0 Å². The minimum atomic E-state index is -1.06. The first-order chi connectivity index (χ1) is 9.51. The minimum Gasteiger partial charge on any atom is -0.480 e. The highest BCUT2D eigenvalue weighted by Gasteiger charge is 2.31. The number of amides is 1. The summed E-state index contributed by atoms with van der Waals surface area (Å²) in [7, 11) is 0. The number of rotatable bonds is 4. The van der Waals surface area contributed by atoms with E-state index in [1.54, 1.807) is 4.90 Å². The lowest BCUT2D eigenvalue weighted by Crippen LogP contribution is -2.52. The van der Waals surface area contributed by atoms with Gasteiger partial charge in [-0.1, -0.05) is 5.21 Å². The number of hydrogen-bond acceptors (Lipinski definition) is 6. The van der Waals surface area contributed by atoms with Gasteiger partial charge < -0.3 is 19.8 Å². The molecule has 1 aromatic heterocycles. The molecule has 1 amide bonds. The molecule has 2 N–H and O–H groups in total. The molecule has 2 rings (SSSR count). The van der Waals surface area contributed by atoms with Gasteiger partial charge in [-0.25, -0.2) is 4.68 Å². The number of hydrogen-bond donors (Lipinski definition) is 2. The highest BCUT2D eigenvalue weighted by molar-refractivity contribution is 5.92. The van der Waals surface area contributed by atoms with Gasteiger partial charge in [0.25, 0.3) is 5.91 Å². The number of carboxylic acid groups (broad SMARTS) is 1. The molecule has 1 aromatic rings. The molecule has 0 aromatic carbocycles. The first-order valence-electron chi connectivity index (χ1n) is 6.16. The zero-order chi connectivity index (χ0) is 14.7. The quantitative estimate of drug-likeness (QED) is 0.697. The molecule has 0 spiro atoms. The highest BCUT2D eigenvalue weighted by Crippen LogP contribution is 2.14. The molecule has 1 aliphatic heterocycles. The number of aromatic nitrogens is 3. The topological polar surface area (TPSA) is 118 Å². The van der Waals surface area contributed by atoms with Crippen molar-refractivity contribution >= 4 is 11.9 Å². The Morgan fingerprint density at radius 2 is 2.30 bits per heavy atom. The molecule has 0 radical (unpaired) electrons. The number of ether oxygens (including phenoxy) is 1. The van der Waals surface area contributed by atoms with Crippen molar-refractivity contribution in [2.75, 3.05) is 19.8 Å². The molecular formula is C11H16N4O5. The van der Waals surface area contributed by atoms with E-state index in [4.69, 9.17) is 14.9 Å². The van der Waals surface area contributed by atoms with Crippen LogP contribution in [0.3, 0.4) is 0 Å². The summed E-state index contributed by atoms with van der Waals surface area (Å²) in [6.45, 7) is 1.91. The molecule has 0 aliphatic carbocycles. The number of nitrogens with zero attached hydrogens (tertiary/aromatic N) is 4. The fraction of sp³-hybridized carbons (Fsp3) is 0.636. The van der Waals surface area contributed by atoms with E-state index in [0.29, 0.717) is 6.61 Å². The predicted octanol–water partition coefficient (Wildman–Crippen LogP) is -1.42. The van der Waals surface area contributed by atoms with Crippen molar-refractivity contribution in [3.63, 3.8) is 0 Å². The zero-order valence-corrected chi connectivity index (χ0v) is 11.0. The third-order valence-electron chi connectivity index (χ3n) is 3.03. The first-order valence-corrected chi connectivity index (χ1v) is 6.16. The van der Waals surface area contributed by atoms with E-state index in [9.17, 15) is 9.59 Å². The number of morpholine rings is 1. The van der Waals surface area contributed by atoms with Gasteiger partial charge in [0.2, 0.25) is 0 Å². The Kier molecular flexibility index (Phi) is 4.30. The fourth-order valence-corrected chi connectivity index (χ4v) is 1.97. The number of carboxylic acids is 1. The summed E-state index contributed by atoms with van der Waals surface area (Å²) in [5, 5.41) is 25.0. The second kappa shape index (κ2) is 5.97. The minimum absolute atomic E-state index is 0.0803. The Hall–Kier alpha value is -2.00. The maximum absolute atomic E-state index is 12.3. The van der Waals surface area contributed by atoms with Crippen LogP contribution in [0.15, 0.2) is 6.20 Å². The van der Waals surface area contributed by atoms with E-state index in [0.717, 1.165) is 4.68 Å². The summed E-state index contributed by atoms with van der Waals surface area (Å²) in [4.78, 5) is 24.4. The van der Waals surface area contributed by atoms with E-state index >= 15 is 0 Å². The third-order valence-corrected chi connectivity index (χ3v) is 3.03. The highest BCUT2D eigenvalue weighted by atomic mass is 16.5. The number of carbonyl (C=O) groups is 2. The largest absolute Gasteiger partial charge is 0.480 e. The van der Waals surface area contributed by atoms with Crippen molar-refractivity contribution in [2.45, 2.75) is 25.6 Å². The fourth-order valence-electron chi connectivity index (χ4n) is 1.97. The van der Waals surface area contributed by atoms with Crippen LogP contribution in [0, 0.1) is 0 Å². The summed E-state index contributed by atoms with van der Waals surface area (Å²) in [6, 6.07) is -0.144. The average Bonchev–Trinajstić information content (AvgIpc) is 2.86. The van der Waals surface area contributed by atoms with Crippen molar-refractivity contribution < 1.29 is 24.5 Å². The lowest BCUT2D eigenvalue weighted by Gasteiger charge is -2.36. The van der Waals surface area contributed by atoms with Crippen molar-refractivity contribution in [1.29, 1.82) is 0 Å². The van der Waals surface area contributed by atoms with Gasteiger partial charge in [-0.05, 0) is 6.92 Å². The summed E-state index contributed by atoms with van der Waals surface area (Å²) < 4.78 is 6.44. The van der Waals surface area contributed by atoms with Crippen molar-refractivity contribution in [1.82, 2.24) is 19.9 Å². The monoisotopic (exact) mass is 284 g/mol. The summed E-state index contributed by atoms with van der Waals surface area (Å²) in [5.74, 6) is -1.41. The molecule has 9 heteroatoms. The lowest BCUT2D eigenvalue weighted by molar-refractivity contribution is -0.137. The maximum atomic E-state index is 12.3. The lowest BCUT2D eigenvalue weighted by atomic mass is 10.2. The standard InChI is InChI=1S/C11H16N4O5/c1-7-6-20-8(5-16)2-15(7)11(19)9-3-14(13-12-9)4-10(17)18/h3,7-8,16H,2,4-6H2,1H3,(H,17,18). The van der Waals surface area contributed by atoms with Crippen molar-refractivity contribution in [3.8, 4) is 0 Å². The molecule has 2 unspecified atom stereocenters. The van der Waals surface area contributed by atoms with Gasteiger partial charge >= 0.3 is 5.97 Å². The van der Waals surface area contributed by atoms with E-state index in [2.05, 4.69) is 10.3 Å². The Labute approximate surface area is 114 Å². The number of aliphatic carboxylic acids is 1. The van der Waals surface area contributed by atoms with Gasteiger partial charge in [0, 0.05) is 6.54 Å². The third kappa shape index (κ3) is 3.11. The Morgan fingerprint density at radius 3 is 2.95 bits per heavy atom. The summed E-state index contributed by atoms with van der Waals surface area (Å²) in [5.41, 5.74) is 0.0803. The van der Waals surface area contributed by atoms with Gasteiger partial charge in [0.05, 0.1) is 31.6 Å². The van der Waals surface area contributed by atoms with E-state index in [1.807, 2.05) is 6.92 Å². The van der Waals surface area contributed by atoms with Gasteiger partial charge in [0.1, 0.15) is 6.54 Å². The molecule has 9 nitrogen and oxygen atoms in total. The molecule has 0 bridgehead atoms. The van der Waals surface area contributed by atoms with Gasteiger partial charge in [-0.2, -0.15) is 0 Å². The Bertz CT molecular complexity index is 503. The Morgan fingerprint density at radius 1 is 1.55 bits per heavy atom. The van der Waals surface area contributed by atoms with Crippen LogP contribution in [0.2, 0.25) is 0 Å². The molecule has 1 fully saturated rings. The van der Waals surface area contributed by atoms with Crippen molar-refractivity contribution in [3.05, 3.63) is 11.9 Å². The number of aliphatic hydroxyl groups excluding tert-OH is 1. The number of aliphatic hydroxyl groups is 1. The second-order valence-electron chi connectivity index (χ2n) is 4.64. The SMILES string of the molecule is CC1COC(CO)CN1C(=O)c1cn(CC(=O)O)nn1. The van der Waals surface area contributed by atoms with E-state index in [-0.39, 0.29) is 37.3 Å². The first kappa shape index (κ1) is 14.4. The van der Waals surface area contributed by atoms with Crippen LogP contribution in [-0.4, -0.2) is 73.9 Å². The summed E-state index contributed by atoms with van der Waals surface area (Å²) >= 11 is 0. The van der Waals surface area contributed by atoms with E-state index in [1.165, 1.54) is 6.20 Å². The molecule has 110 valence electrons. The van der Waals surface area contributed by atoms with Crippen LogP contribution in [0.1, 0.15) is 17.4 Å². The average molecular weight is 284 g/mol. The molecular weight excluding hydrogens is 268 g/mol. The molecule has 2 atom stereocenters. The normalized spacial score (nSPS) is 22.8. The molecule has 1 saturated heterocycles. The van der Waals surface area contributed by atoms with Crippen LogP contribution in [-0.2, 0) is 16.1 Å². The smallest absolute Gasteiger partial charge is 0.325 e. The van der Waals surface area contributed by atoms with Gasteiger partial charge in [0.15, 0.2) is 5.69 Å². The molecule has 1 aliphatic rings. The summed E-state index contributed by atoms with van der Waals surface area (Å²) in [6.07, 6.45) is 0.885. The molecule has 0 saturated carbocycles. The maximum Gasteiger partial charge on any atom is 0.325 e. The second-order valence-corrected chi connectivity index (χ2v) is 4.64. The van der Waals surface area contributed by atoms with Crippen LogP contribution >= 0.6 is 0 Å². The van der Waals surface area contributed by atoms with Crippen LogP contribution in [0.4, 0.5) is 0 Å². The Balaban J connectivity index is 2.09. The molecule has 20 heavy (non-hydrogen) atoms. The predicted molar refractivity (Wildman–Crippen MR) is 65.0 cm³/mol. The van der Waals surface area contributed by atoms with Crippen LogP contribution < -0.4 is 0 Å². The van der Waals surface area contributed by atoms with Crippen LogP contribution in [0.5, 0.6) is 0 Å². The van der Waals surface area contributed by atoms with E-state index < -0.39 is 12.1 Å². The number of carbonyl (C=O) groups excluding carboxylic acids is 1. The van der Waals surface area contributed by atoms with Gasteiger partial charge in [-0.3, -0.25) is 9.59 Å². The molecule has 2 heterocycles. The zero-order valence-electron chi connectivity index (χ0n) is 11.0.